The van der Waals surface area contributed by atoms with E-state index in [9.17, 15) is 10.2 Å². The first kappa shape index (κ1) is 14.8. The molecule has 4 nitrogen and oxygen atoms in total. The summed E-state index contributed by atoms with van der Waals surface area (Å²) in [6.07, 6.45) is 0.988. The van der Waals surface area contributed by atoms with Crippen molar-refractivity contribution in [3.05, 3.63) is 0 Å². The van der Waals surface area contributed by atoms with Crippen LogP contribution in [0.3, 0.4) is 0 Å². The lowest BCUT2D eigenvalue weighted by Crippen LogP contribution is -2.61. The quantitative estimate of drug-likeness (QED) is 0.427. The Bertz CT molecular complexity index is 183. The zero-order valence-electron chi connectivity index (χ0n) is 10.4. The van der Waals surface area contributed by atoms with Crippen LogP contribution in [0, 0.1) is 0 Å². The highest BCUT2D eigenvalue weighted by Gasteiger charge is 2.43. The molecule has 0 aliphatic carbocycles. The smallest absolute Gasteiger partial charge is 0.204 e. The maximum Gasteiger partial charge on any atom is 0.204 e. The normalized spacial score (nSPS) is 18.6. The van der Waals surface area contributed by atoms with Gasteiger partial charge in [0.15, 0.2) is 0 Å². The van der Waals surface area contributed by atoms with E-state index in [1.807, 2.05) is 14.1 Å². The van der Waals surface area contributed by atoms with Gasteiger partial charge in [0.05, 0.1) is 46.2 Å². The summed E-state index contributed by atoms with van der Waals surface area (Å²) >= 11 is 0. The van der Waals surface area contributed by atoms with Crippen molar-refractivity contribution in [2.45, 2.75) is 44.9 Å². The van der Waals surface area contributed by atoms with Crippen LogP contribution < -0.4 is 0 Å². The molecular formula is C11H26NO3+. The number of aliphatic hydroxyl groups excluding tert-OH is 2. The van der Waals surface area contributed by atoms with Crippen molar-refractivity contribution in [1.29, 1.82) is 0 Å². The van der Waals surface area contributed by atoms with Gasteiger partial charge in [-0.2, -0.15) is 0 Å². The van der Waals surface area contributed by atoms with Crippen LogP contribution >= 0.6 is 0 Å². The summed E-state index contributed by atoms with van der Waals surface area (Å²) in [7, 11) is 3.86. The molecule has 3 N–H and O–H groups in total. The molecule has 0 spiro atoms. The van der Waals surface area contributed by atoms with Gasteiger partial charge < -0.3 is 19.8 Å². The Morgan fingerprint density at radius 1 is 1.33 bits per heavy atom. The van der Waals surface area contributed by atoms with E-state index in [1.54, 1.807) is 6.92 Å². The number of quaternary nitrogens is 1. The molecule has 2 unspecified atom stereocenters. The summed E-state index contributed by atoms with van der Waals surface area (Å²) in [4.78, 5) is 0. The molecule has 0 amide bonds. The standard InChI is InChI=1S/C11H26NO3/c1-5-7-12(3,4)11(15,6-8-13)9-10(2)14/h10,13-15H,5-9H2,1-4H3/q+1. The molecule has 0 aliphatic rings. The third kappa shape index (κ3) is 4.07. The molecule has 0 aromatic rings. The van der Waals surface area contributed by atoms with Crippen molar-refractivity contribution in [1.82, 2.24) is 0 Å². The maximum absolute atomic E-state index is 10.5. The summed E-state index contributed by atoms with van der Waals surface area (Å²) < 4.78 is 0.412. The fourth-order valence-electron chi connectivity index (χ4n) is 2.07. The van der Waals surface area contributed by atoms with Crippen molar-refractivity contribution < 1.29 is 19.8 Å². The second-order valence-electron chi connectivity index (χ2n) is 4.92. The second kappa shape index (κ2) is 5.80. The highest BCUT2D eigenvalue weighted by molar-refractivity contribution is 4.71. The minimum atomic E-state index is -1.04. The fraction of sp³-hybridized carbons (Fsp3) is 1.00. The van der Waals surface area contributed by atoms with E-state index in [-0.39, 0.29) is 6.61 Å². The molecule has 15 heavy (non-hydrogen) atoms. The predicted molar refractivity (Wildman–Crippen MR) is 60.2 cm³/mol. The van der Waals surface area contributed by atoms with Gasteiger partial charge in [0, 0.05) is 0 Å². The van der Waals surface area contributed by atoms with Crippen molar-refractivity contribution in [2.75, 3.05) is 27.2 Å². The zero-order chi connectivity index (χ0) is 12.1. The molecule has 0 aromatic heterocycles. The van der Waals surface area contributed by atoms with E-state index in [1.165, 1.54) is 0 Å². The van der Waals surface area contributed by atoms with E-state index in [2.05, 4.69) is 6.92 Å². The van der Waals surface area contributed by atoms with Crippen LogP contribution in [0.2, 0.25) is 0 Å². The summed E-state index contributed by atoms with van der Waals surface area (Å²) in [6.45, 7) is 4.48. The minimum absolute atomic E-state index is 0.0609. The Morgan fingerprint density at radius 3 is 2.20 bits per heavy atom. The lowest BCUT2D eigenvalue weighted by molar-refractivity contribution is -0.968. The van der Waals surface area contributed by atoms with Gasteiger partial charge >= 0.3 is 0 Å². The lowest BCUT2D eigenvalue weighted by atomic mass is 9.98. The first-order valence-corrected chi connectivity index (χ1v) is 5.63. The van der Waals surface area contributed by atoms with Gasteiger partial charge in [-0.05, 0) is 13.3 Å². The SMILES string of the molecule is CCC[N+](C)(C)C(O)(CCO)CC(C)O. The number of hydrogen-bond acceptors (Lipinski definition) is 3. The van der Waals surface area contributed by atoms with E-state index < -0.39 is 11.8 Å². The average molecular weight is 220 g/mol. The van der Waals surface area contributed by atoms with E-state index in [0.717, 1.165) is 13.0 Å². The van der Waals surface area contributed by atoms with E-state index in [0.29, 0.717) is 17.3 Å². The fourth-order valence-corrected chi connectivity index (χ4v) is 2.07. The average Bonchev–Trinajstić information content (AvgIpc) is 2.02. The van der Waals surface area contributed by atoms with Crippen molar-refractivity contribution in [3.8, 4) is 0 Å². The maximum atomic E-state index is 10.5. The Balaban J connectivity index is 4.74. The first-order chi connectivity index (χ1) is 6.79. The van der Waals surface area contributed by atoms with Crippen molar-refractivity contribution in [2.24, 2.45) is 0 Å². The molecular weight excluding hydrogens is 194 g/mol. The predicted octanol–water partition coefficient (Wildman–Crippen LogP) is 0.315. The third-order valence-electron chi connectivity index (χ3n) is 3.04. The van der Waals surface area contributed by atoms with Crippen LogP contribution in [-0.4, -0.2) is 58.9 Å². The lowest BCUT2D eigenvalue weighted by Gasteiger charge is -2.45. The molecule has 2 atom stereocenters. The number of hydrogen-bond donors (Lipinski definition) is 3. The van der Waals surface area contributed by atoms with Gasteiger partial charge in [0.1, 0.15) is 0 Å². The molecule has 0 rings (SSSR count). The van der Waals surface area contributed by atoms with Crippen LogP contribution in [0.25, 0.3) is 0 Å². The summed E-state index contributed by atoms with van der Waals surface area (Å²) in [5, 5.41) is 28.9. The van der Waals surface area contributed by atoms with Crippen LogP contribution in [0.4, 0.5) is 0 Å². The third-order valence-corrected chi connectivity index (χ3v) is 3.04. The molecule has 0 heterocycles. The van der Waals surface area contributed by atoms with Crippen molar-refractivity contribution in [3.63, 3.8) is 0 Å². The minimum Gasteiger partial charge on any atom is -0.396 e. The van der Waals surface area contributed by atoms with Gasteiger partial charge in [0.2, 0.25) is 5.72 Å². The topological polar surface area (TPSA) is 60.7 Å². The molecule has 92 valence electrons. The molecule has 0 aromatic carbocycles. The van der Waals surface area contributed by atoms with Crippen LogP contribution in [0.5, 0.6) is 0 Å². The molecule has 0 fully saturated rings. The molecule has 0 bridgehead atoms. The van der Waals surface area contributed by atoms with Gasteiger partial charge in [-0.1, -0.05) is 6.92 Å². The summed E-state index contributed by atoms with van der Waals surface area (Å²) in [6, 6.07) is 0. The largest absolute Gasteiger partial charge is 0.396 e. The van der Waals surface area contributed by atoms with E-state index >= 15 is 0 Å². The highest BCUT2D eigenvalue weighted by atomic mass is 16.3. The summed E-state index contributed by atoms with van der Waals surface area (Å²) in [5.74, 6) is 0. The second-order valence-corrected chi connectivity index (χ2v) is 4.92. The van der Waals surface area contributed by atoms with Gasteiger partial charge in [0.25, 0.3) is 0 Å². The number of aliphatic hydroxyl groups is 3. The summed E-state index contributed by atoms with van der Waals surface area (Å²) in [5.41, 5.74) is -1.04. The van der Waals surface area contributed by atoms with E-state index in [4.69, 9.17) is 5.11 Å². The Kier molecular flexibility index (Phi) is 5.73. The molecule has 0 saturated carbocycles. The van der Waals surface area contributed by atoms with Crippen molar-refractivity contribution >= 4 is 0 Å². The molecule has 0 radical (unpaired) electrons. The van der Waals surface area contributed by atoms with Crippen LogP contribution in [0.1, 0.15) is 33.1 Å². The zero-order valence-corrected chi connectivity index (χ0v) is 10.4. The van der Waals surface area contributed by atoms with Gasteiger partial charge in [-0.15, -0.1) is 0 Å². The Hall–Kier alpha value is -0.160. The molecule has 0 aliphatic heterocycles. The molecule has 0 saturated heterocycles. The highest BCUT2D eigenvalue weighted by Crippen LogP contribution is 2.27. The monoisotopic (exact) mass is 220 g/mol. The van der Waals surface area contributed by atoms with Gasteiger partial charge in [-0.25, -0.2) is 0 Å². The van der Waals surface area contributed by atoms with Gasteiger partial charge in [-0.3, -0.25) is 0 Å². The number of nitrogens with zero attached hydrogens (tertiary/aromatic N) is 1. The Morgan fingerprint density at radius 2 is 1.87 bits per heavy atom. The number of rotatable bonds is 7. The van der Waals surface area contributed by atoms with Crippen LogP contribution in [0.15, 0.2) is 0 Å². The first-order valence-electron chi connectivity index (χ1n) is 5.63. The Labute approximate surface area is 92.7 Å². The van der Waals surface area contributed by atoms with Crippen LogP contribution in [-0.2, 0) is 0 Å². The molecule has 4 heteroatoms.